The molecule has 0 aromatic heterocycles. The molecule has 0 saturated carbocycles. The molecule has 0 bridgehead atoms. The van der Waals surface area contributed by atoms with E-state index in [4.69, 9.17) is 14.2 Å². The van der Waals surface area contributed by atoms with Crippen LogP contribution >= 0.6 is 15.9 Å². The summed E-state index contributed by atoms with van der Waals surface area (Å²) in [6, 6.07) is 33.4. The molecule has 0 unspecified atom stereocenters. The highest BCUT2D eigenvalue weighted by Gasteiger charge is 2.38. The summed E-state index contributed by atoms with van der Waals surface area (Å²) in [6.07, 6.45) is 3.93. The Hall–Kier alpha value is -3.12. The quantitative estimate of drug-likeness (QED) is 0.177. The van der Waals surface area contributed by atoms with Crippen LogP contribution in [0.5, 0.6) is 11.5 Å². The molecule has 1 aliphatic rings. The average Bonchev–Trinajstić information content (AvgIpc) is 3.00. The van der Waals surface area contributed by atoms with Gasteiger partial charge in [0.25, 0.3) is 0 Å². The maximum absolute atomic E-state index is 7.05. The first-order valence-corrected chi connectivity index (χ1v) is 14.4. The Morgan fingerprint density at radius 1 is 0.692 bits per heavy atom. The standard InChI is InChI=1S/C34H36BrNO3/c1-37-31-17-13-29(14-18-31)34(28-9-5-3-6-10-28,30-15-19-32(38-2)20-16-30)39-25-26-11-12-27(33(35)23-26)24-36-21-7-4-8-22-36/h3,5-6,9-20,23H,4,7-8,21-22,24-25H2,1-2H3. The molecular weight excluding hydrogens is 550 g/mol. The zero-order chi connectivity index (χ0) is 27.1. The van der Waals surface area contributed by atoms with Gasteiger partial charge in [0.15, 0.2) is 0 Å². The van der Waals surface area contributed by atoms with Crippen LogP contribution in [0.25, 0.3) is 0 Å². The van der Waals surface area contributed by atoms with E-state index in [9.17, 15) is 0 Å². The van der Waals surface area contributed by atoms with Crippen molar-refractivity contribution in [2.24, 2.45) is 0 Å². The van der Waals surface area contributed by atoms with Gasteiger partial charge in [0.05, 0.1) is 20.8 Å². The minimum atomic E-state index is -0.835. The summed E-state index contributed by atoms with van der Waals surface area (Å²) in [5.41, 5.74) is 4.72. The molecule has 1 aliphatic heterocycles. The van der Waals surface area contributed by atoms with Crippen LogP contribution in [0.4, 0.5) is 0 Å². The Bertz CT molecular complexity index is 1290. The molecule has 0 radical (unpaired) electrons. The Kier molecular flexibility index (Phi) is 9.02. The van der Waals surface area contributed by atoms with Crippen LogP contribution in [-0.4, -0.2) is 32.2 Å². The highest BCUT2D eigenvalue weighted by Crippen LogP contribution is 2.42. The molecule has 5 heteroatoms. The zero-order valence-corrected chi connectivity index (χ0v) is 24.3. The van der Waals surface area contributed by atoms with Crippen LogP contribution < -0.4 is 9.47 Å². The second kappa shape index (κ2) is 12.8. The van der Waals surface area contributed by atoms with Gasteiger partial charge in [0, 0.05) is 11.0 Å². The van der Waals surface area contributed by atoms with Crippen LogP contribution in [0.2, 0.25) is 0 Å². The van der Waals surface area contributed by atoms with E-state index < -0.39 is 5.60 Å². The number of hydrogen-bond acceptors (Lipinski definition) is 4. The third-order valence-electron chi connectivity index (χ3n) is 7.59. The summed E-state index contributed by atoms with van der Waals surface area (Å²) in [7, 11) is 3.37. The fraction of sp³-hybridized carbons (Fsp3) is 0.294. The van der Waals surface area contributed by atoms with Crippen LogP contribution in [0.3, 0.4) is 0 Å². The molecule has 4 nitrogen and oxygen atoms in total. The molecule has 4 aromatic rings. The highest BCUT2D eigenvalue weighted by molar-refractivity contribution is 9.10. The van der Waals surface area contributed by atoms with Gasteiger partial charge < -0.3 is 14.2 Å². The molecule has 39 heavy (non-hydrogen) atoms. The van der Waals surface area contributed by atoms with Crippen molar-refractivity contribution in [2.45, 2.75) is 38.0 Å². The molecule has 1 saturated heterocycles. The Labute approximate surface area is 240 Å². The summed E-state index contributed by atoms with van der Waals surface area (Å²) in [6.45, 7) is 3.78. The molecule has 0 atom stereocenters. The van der Waals surface area contributed by atoms with Gasteiger partial charge in [-0.05, 0) is 84.1 Å². The molecule has 0 aliphatic carbocycles. The fourth-order valence-corrected chi connectivity index (χ4v) is 5.98. The van der Waals surface area contributed by atoms with E-state index in [-0.39, 0.29) is 0 Å². The van der Waals surface area contributed by atoms with Gasteiger partial charge in [-0.15, -0.1) is 0 Å². The molecule has 0 N–H and O–H groups in total. The van der Waals surface area contributed by atoms with E-state index in [0.717, 1.165) is 44.8 Å². The smallest absolute Gasteiger partial charge is 0.144 e. The first-order valence-electron chi connectivity index (χ1n) is 13.6. The molecule has 0 amide bonds. The summed E-state index contributed by atoms with van der Waals surface area (Å²) < 4.78 is 19.1. The van der Waals surface area contributed by atoms with Gasteiger partial charge in [-0.1, -0.05) is 89.1 Å². The van der Waals surface area contributed by atoms with Crippen LogP contribution in [0.1, 0.15) is 47.1 Å². The maximum Gasteiger partial charge on any atom is 0.144 e. The lowest BCUT2D eigenvalue weighted by atomic mass is 9.80. The average molecular weight is 587 g/mol. The Morgan fingerprint density at radius 2 is 1.26 bits per heavy atom. The predicted molar refractivity (Wildman–Crippen MR) is 160 cm³/mol. The second-order valence-electron chi connectivity index (χ2n) is 10.1. The molecular formula is C34H36BrNO3. The van der Waals surface area contributed by atoms with Gasteiger partial charge in [0.2, 0.25) is 0 Å². The lowest BCUT2D eigenvalue weighted by Crippen LogP contribution is -2.33. The predicted octanol–water partition coefficient (Wildman–Crippen LogP) is 7.96. The van der Waals surface area contributed by atoms with Gasteiger partial charge in [-0.2, -0.15) is 0 Å². The van der Waals surface area contributed by atoms with E-state index in [1.807, 2.05) is 30.3 Å². The largest absolute Gasteiger partial charge is 0.497 e. The lowest BCUT2D eigenvalue weighted by molar-refractivity contribution is 0.000162. The SMILES string of the molecule is COc1ccc(C(OCc2ccc(CN3CCCCC3)c(Br)c2)(c2ccccc2)c2ccc(OC)cc2)cc1. The molecule has 5 rings (SSSR count). The molecule has 4 aromatic carbocycles. The van der Waals surface area contributed by atoms with Crippen molar-refractivity contribution in [1.29, 1.82) is 0 Å². The van der Waals surface area contributed by atoms with Crippen LogP contribution in [0, 0.1) is 0 Å². The normalized spacial score (nSPS) is 14.2. The minimum Gasteiger partial charge on any atom is -0.497 e. The van der Waals surface area contributed by atoms with Crippen molar-refractivity contribution in [3.8, 4) is 11.5 Å². The van der Waals surface area contributed by atoms with Crippen molar-refractivity contribution >= 4 is 15.9 Å². The Balaban J connectivity index is 1.51. The number of halogens is 1. The van der Waals surface area contributed by atoms with Crippen molar-refractivity contribution in [1.82, 2.24) is 4.90 Å². The minimum absolute atomic E-state index is 0.440. The maximum atomic E-state index is 7.05. The van der Waals surface area contributed by atoms with E-state index >= 15 is 0 Å². The highest BCUT2D eigenvalue weighted by atomic mass is 79.9. The number of rotatable bonds is 10. The van der Waals surface area contributed by atoms with E-state index in [1.165, 1.54) is 37.9 Å². The number of hydrogen-bond donors (Lipinski definition) is 0. The number of likely N-dealkylation sites (tertiary alicyclic amines) is 1. The summed E-state index contributed by atoms with van der Waals surface area (Å²) in [5, 5.41) is 0. The second-order valence-corrected chi connectivity index (χ2v) is 10.9. The first-order chi connectivity index (χ1) is 19.1. The lowest BCUT2D eigenvalue weighted by Gasteiger charge is -2.36. The summed E-state index contributed by atoms with van der Waals surface area (Å²) in [4.78, 5) is 2.55. The van der Waals surface area contributed by atoms with E-state index in [2.05, 4.69) is 87.6 Å². The fourth-order valence-electron chi connectivity index (χ4n) is 5.43. The third kappa shape index (κ3) is 6.22. The van der Waals surface area contributed by atoms with Crippen molar-refractivity contribution in [3.63, 3.8) is 0 Å². The van der Waals surface area contributed by atoms with Gasteiger partial charge in [0.1, 0.15) is 17.1 Å². The van der Waals surface area contributed by atoms with Crippen LogP contribution in [0.15, 0.2) is 102 Å². The summed E-state index contributed by atoms with van der Waals surface area (Å²) >= 11 is 3.85. The van der Waals surface area contributed by atoms with Crippen molar-refractivity contribution in [3.05, 3.63) is 129 Å². The Morgan fingerprint density at radius 3 is 1.79 bits per heavy atom. The number of ether oxygens (including phenoxy) is 3. The number of benzene rings is 4. The van der Waals surface area contributed by atoms with E-state index in [1.54, 1.807) is 14.2 Å². The van der Waals surface area contributed by atoms with Crippen molar-refractivity contribution < 1.29 is 14.2 Å². The number of piperidine rings is 1. The number of nitrogens with zero attached hydrogens (tertiary/aromatic N) is 1. The molecule has 1 heterocycles. The molecule has 202 valence electrons. The van der Waals surface area contributed by atoms with Crippen molar-refractivity contribution in [2.75, 3.05) is 27.3 Å². The molecule has 0 spiro atoms. The van der Waals surface area contributed by atoms with Crippen LogP contribution in [-0.2, 0) is 23.5 Å². The topological polar surface area (TPSA) is 30.9 Å². The van der Waals surface area contributed by atoms with Gasteiger partial charge >= 0.3 is 0 Å². The monoisotopic (exact) mass is 585 g/mol. The third-order valence-corrected chi connectivity index (χ3v) is 8.33. The first kappa shape index (κ1) is 27.4. The zero-order valence-electron chi connectivity index (χ0n) is 22.7. The molecule has 1 fully saturated rings. The number of methoxy groups -OCH3 is 2. The van der Waals surface area contributed by atoms with Gasteiger partial charge in [-0.3, -0.25) is 4.90 Å². The summed E-state index contributed by atoms with van der Waals surface area (Å²) in [5.74, 6) is 1.62. The van der Waals surface area contributed by atoms with Gasteiger partial charge in [-0.25, -0.2) is 0 Å². The van der Waals surface area contributed by atoms with E-state index in [0.29, 0.717) is 6.61 Å².